The molecule has 35 heavy (non-hydrogen) atoms. The van der Waals surface area contributed by atoms with Crippen LogP contribution in [-0.4, -0.2) is 28.6 Å². The number of para-hydroxylation sites is 3. The molecule has 0 aliphatic rings. The van der Waals surface area contributed by atoms with E-state index < -0.39 is 0 Å². The summed E-state index contributed by atoms with van der Waals surface area (Å²) in [6.45, 7) is 6.43. The highest BCUT2D eigenvalue weighted by molar-refractivity contribution is 6.30. The predicted octanol–water partition coefficient (Wildman–Crippen LogP) is 6.64. The summed E-state index contributed by atoms with van der Waals surface area (Å²) in [5, 5.41) is 3.61. The molecule has 4 rings (SSSR count). The molecule has 1 aromatic heterocycles. The molecule has 5 nitrogen and oxygen atoms in total. The number of halogens is 1. The molecule has 6 heteroatoms. The molecule has 0 unspecified atom stereocenters. The quantitative estimate of drug-likeness (QED) is 0.240. The van der Waals surface area contributed by atoms with Gasteiger partial charge in [-0.2, -0.15) is 0 Å². The molecule has 0 bridgehead atoms. The van der Waals surface area contributed by atoms with Crippen molar-refractivity contribution >= 4 is 28.5 Å². The number of benzene rings is 3. The molecule has 1 amide bonds. The monoisotopic (exact) mass is 489 g/mol. The van der Waals surface area contributed by atoms with Crippen LogP contribution in [0.1, 0.15) is 54.4 Å². The number of hydrogen-bond donors (Lipinski definition) is 1. The summed E-state index contributed by atoms with van der Waals surface area (Å²) in [6, 6.07) is 23.4. The molecule has 3 aromatic carbocycles. The fraction of sp³-hybridized carbons (Fsp3) is 0.310. The van der Waals surface area contributed by atoms with Gasteiger partial charge in [0, 0.05) is 30.1 Å². The van der Waals surface area contributed by atoms with Gasteiger partial charge in [-0.1, -0.05) is 55.8 Å². The average molecular weight is 490 g/mol. The Kier molecular flexibility index (Phi) is 8.43. The summed E-state index contributed by atoms with van der Waals surface area (Å²) < 4.78 is 8.42. The van der Waals surface area contributed by atoms with E-state index in [0.29, 0.717) is 29.7 Å². The van der Waals surface area contributed by atoms with Crippen LogP contribution in [0.2, 0.25) is 5.02 Å². The van der Waals surface area contributed by atoms with Crippen LogP contribution in [0, 0.1) is 0 Å². The molecular weight excluding hydrogens is 458 g/mol. The zero-order chi connectivity index (χ0) is 24.6. The Bertz CT molecular complexity index is 1260. The summed E-state index contributed by atoms with van der Waals surface area (Å²) in [4.78, 5) is 17.2. The van der Waals surface area contributed by atoms with Gasteiger partial charge in [0.25, 0.3) is 5.91 Å². The number of fused-ring (bicyclic) bond motifs is 1. The summed E-state index contributed by atoms with van der Waals surface area (Å²) in [7, 11) is 0. The number of rotatable bonds is 11. The average Bonchev–Trinajstić information content (AvgIpc) is 3.22. The normalized spacial score (nSPS) is 11.2. The van der Waals surface area contributed by atoms with Crippen LogP contribution >= 0.6 is 11.6 Å². The lowest BCUT2D eigenvalue weighted by Crippen LogP contribution is -2.25. The van der Waals surface area contributed by atoms with Crippen LogP contribution in [-0.2, 0) is 13.0 Å². The molecule has 0 aliphatic heterocycles. The molecule has 0 atom stereocenters. The minimum Gasteiger partial charge on any atom is -0.493 e. The molecule has 0 spiro atoms. The molecule has 0 aliphatic carbocycles. The number of carbonyl (C=O) groups excluding carboxylic acids is 1. The Balaban J connectivity index is 1.34. The number of nitrogens with zero attached hydrogens (tertiary/aromatic N) is 2. The van der Waals surface area contributed by atoms with Crippen LogP contribution in [0.4, 0.5) is 0 Å². The topological polar surface area (TPSA) is 56.1 Å². The van der Waals surface area contributed by atoms with Gasteiger partial charge < -0.3 is 14.6 Å². The van der Waals surface area contributed by atoms with Gasteiger partial charge in [-0.15, -0.1) is 0 Å². The Labute approximate surface area is 212 Å². The van der Waals surface area contributed by atoms with Crippen molar-refractivity contribution in [1.29, 1.82) is 0 Å². The lowest BCUT2D eigenvalue weighted by atomic mass is 10.0. The molecule has 0 radical (unpaired) electrons. The number of nitrogens with one attached hydrogen (secondary N) is 1. The highest BCUT2D eigenvalue weighted by atomic mass is 35.5. The molecule has 1 heterocycles. The number of aromatic nitrogens is 2. The third-order valence-electron chi connectivity index (χ3n) is 6.03. The Morgan fingerprint density at radius 1 is 1.00 bits per heavy atom. The van der Waals surface area contributed by atoms with Crippen LogP contribution in [0.25, 0.3) is 11.0 Å². The molecule has 4 aromatic rings. The van der Waals surface area contributed by atoms with Gasteiger partial charge in [0.15, 0.2) is 0 Å². The first-order valence-electron chi connectivity index (χ1n) is 12.2. The van der Waals surface area contributed by atoms with E-state index in [1.54, 1.807) is 24.3 Å². The van der Waals surface area contributed by atoms with Crippen LogP contribution < -0.4 is 10.1 Å². The molecule has 0 saturated carbocycles. The predicted molar refractivity (Wildman–Crippen MR) is 142 cm³/mol. The second-order valence-electron chi connectivity index (χ2n) is 8.93. The van der Waals surface area contributed by atoms with Crippen molar-refractivity contribution in [3.63, 3.8) is 0 Å². The lowest BCUT2D eigenvalue weighted by molar-refractivity contribution is 0.0953. The molecule has 1 N–H and O–H groups in total. The maximum atomic E-state index is 12.3. The van der Waals surface area contributed by atoms with E-state index in [-0.39, 0.29) is 5.91 Å². The number of carbonyl (C=O) groups is 1. The summed E-state index contributed by atoms with van der Waals surface area (Å²) in [5.74, 6) is 2.34. The van der Waals surface area contributed by atoms with Gasteiger partial charge in [-0.05, 0) is 66.8 Å². The first-order valence-corrected chi connectivity index (χ1v) is 12.6. The first-order chi connectivity index (χ1) is 17.0. The largest absolute Gasteiger partial charge is 0.493 e. The van der Waals surface area contributed by atoms with E-state index in [4.69, 9.17) is 21.3 Å². The third-order valence-corrected chi connectivity index (χ3v) is 6.28. The zero-order valence-corrected chi connectivity index (χ0v) is 21.1. The minimum absolute atomic E-state index is 0.0889. The molecular formula is C29H32ClN3O2. The van der Waals surface area contributed by atoms with Crippen LogP contribution in [0.3, 0.4) is 0 Å². The van der Waals surface area contributed by atoms with Crippen molar-refractivity contribution in [2.45, 2.75) is 45.6 Å². The van der Waals surface area contributed by atoms with Crippen LogP contribution in [0.5, 0.6) is 5.75 Å². The van der Waals surface area contributed by atoms with E-state index in [9.17, 15) is 4.79 Å². The fourth-order valence-corrected chi connectivity index (χ4v) is 4.34. The van der Waals surface area contributed by atoms with Crippen molar-refractivity contribution in [3.8, 4) is 5.75 Å². The Morgan fingerprint density at radius 3 is 2.54 bits per heavy atom. The number of amides is 1. The third kappa shape index (κ3) is 6.43. The Hall–Kier alpha value is -3.31. The highest BCUT2D eigenvalue weighted by Gasteiger charge is 2.12. The fourth-order valence-electron chi connectivity index (χ4n) is 4.21. The van der Waals surface area contributed by atoms with E-state index in [0.717, 1.165) is 48.4 Å². The second-order valence-corrected chi connectivity index (χ2v) is 9.37. The van der Waals surface area contributed by atoms with E-state index >= 15 is 0 Å². The van der Waals surface area contributed by atoms with Gasteiger partial charge >= 0.3 is 0 Å². The standard InChI is InChI=1S/C29H32ClN3O2/c1-21(2)24-9-3-6-12-27(24)35-20-8-19-33-26-11-5-4-10-25(26)32-28(33)13-7-18-31-29(34)22-14-16-23(30)17-15-22/h3-6,9-12,14-17,21H,7-8,13,18-20H2,1-2H3,(H,31,34). The van der Waals surface area contributed by atoms with Crippen molar-refractivity contribution in [2.24, 2.45) is 0 Å². The van der Waals surface area contributed by atoms with E-state index in [1.165, 1.54) is 5.56 Å². The van der Waals surface area contributed by atoms with Crippen molar-refractivity contribution in [2.75, 3.05) is 13.2 Å². The smallest absolute Gasteiger partial charge is 0.251 e. The first kappa shape index (κ1) is 24.8. The maximum Gasteiger partial charge on any atom is 0.251 e. The number of aryl methyl sites for hydroxylation is 2. The second kappa shape index (κ2) is 11.9. The van der Waals surface area contributed by atoms with Crippen molar-refractivity contribution in [3.05, 3.63) is 94.8 Å². The zero-order valence-electron chi connectivity index (χ0n) is 20.3. The number of imidazole rings is 1. The summed E-state index contributed by atoms with van der Waals surface area (Å²) in [6.07, 6.45) is 2.47. The van der Waals surface area contributed by atoms with Crippen LogP contribution in [0.15, 0.2) is 72.8 Å². The van der Waals surface area contributed by atoms with Gasteiger partial charge in [-0.25, -0.2) is 4.98 Å². The Morgan fingerprint density at radius 2 is 1.74 bits per heavy atom. The molecule has 0 fully saturated rings. The molecule has 0 saturated heterocycles. The van der Waals surface area contributed by atoms with Gasteiger partial charge in [0.05, 0.1) is 17.6 Å². The van der Waals surface area contributed by atoms with Gasteiger partial charge in [0.2, 0.25) is 0 Å². The lowest BCUT2D eigenvalue weighted by Gasteiger charge is -2.14. The van der Waals surface area contributed by atoms with E-state index in [2.05, 4.69) is 41.9 Å². The number of hydrogen-bond acceptors (Lipinski definition) is 3. The summed E-state index contributed by atoms with van der Waals surface area (Å²) in [5.41, 5.74) is 3.98. The highest BCUT2D eigenvalue weighted by Crippen LogP contribution is 2.26. The SMILES string of the molecule is CC(C)c1ccccc1OCCCn1c(CCCNC(=O)c2ccc(Cl)cc2)nc2ccccc21. The number of ether oxygens (including phenoxy) is 1. The van der Waals surface area contributed by atoms with Gasteiger partial charge in [0.1, 0.15) is 11.6 Å². The van der Waals surface area contributed by atoms with Crippen molar-refractivity contribution in [1.82, 2.24) is 14.9 Å². The van der Waals surface area contributed by atoms with E-state index in [1.807, 2.05) is 30.3 Å². The van der Waals surface area contributed by atoms with Crippen molar-refractivity contribution < 1.29 is 9.53 Å². The van der Waals surface area contributed by atoms with Gasteiger partial charge in [-0.3, -0.25) is 4.79 Å². The maximum absolute atomic E-state index is 12.3. The molecule has 182 valence electrons. The summed E-state index contributed by atoms with van der Waals surface area (Å²) >= 11 is 5.91. The minimum atomic E-state index is -0.0889.